The lowest BCUT2D eigenvalue weighted by atomic mass is 10.0. The fourth-order valence-electron chi connectivity index (χ4n) is 6.98. The minimum atomic E-state index is -0.487. The van der Waals surface area contributed by atoms with Crippen molar-refractivity contribution in [3.05, 3.63) is 180 Å². The van der Waals surface area contributed by atoms with E-state index in [1.807, 2.05) is 30.3 Å². The number of hydrogen-bond acceptors (Lipinski definition) is 5. The molecule has 1 N–H and O–H groups in total. The molecule has 1 aliphatic rings. The van der Waals surface area contributed by atoms with Gasteiger partial charge in [-0.1, -0.05) is 127 Å². The van der Waals surface area contributed by atoms with E-state index >= 15 is 0 Å². The third kappa shape index (κ3) is 4.87. The fourth-order valence-corrected chi connectivity index (χ4v) is 6.98. The van der Waals surface area contributed by atoms with Crippen molar-refractivity contribution in [2.75, 3.05) is 0 Å². The molecule has 0 saturated heterocycles. The Morgan fingerprint density at radius 2 is 0.880 bits per heavy atom. The first kappa shape index (κ1) is 28.3. The zero-order valence-electron chi connectivity index (χ0n) is 26.9. The van der Waals surface area contributed by atoms with Gasteiger partial charge in [-0.3, -0.25) is 0 Å². The number of aliphatic imine (C=N–C) groups is 2. The first-order chi connectivity index (χ1) is 24.7. The monoisotopic (exact) mass is 643 g/mol. The summed E-state index contributed by atoms with van der Waals surface area (Å²) < 4.78 is 12.7. The SMILES string of the molecule is c1ccc(-c2ccc(C3=NC(c4ccc5c(c4)oc4ccc(-c6ccccc6)cc45)N=C(c4ccc5c(c4)oc4ccccc45)N3)cc2)cc1. The fraction of sp³-hybridized carbons (Fsp3) is 0.0222. The molecule has 10 rings (SSSR count). The normalized spacial score (nSPS) is 14.6. The highest BCUT2D eigenvalue weighted by Gasteiger charge is 2.23. The average Bonchev–Trinajstić information content (AvgIpc) is 3.75. The molecule has 0 radical (unpaired) electrons. The highest BCUT2D eigenvalue weighted by molar-refractivity contribution is 6.17. The molecule has 50 heavy (non-hydrogen) atoms. The quantitative estimate of drug-likeness (QED) is 0.203. The molecule has 2 aromatic heterocycles. The minimum Gasteiger partial charge on any atom is -0.456 e. The number of benzene rings is 7. The van der Waals surface area contributed by atoms with Crippen LogP contribution < -0.4 is 5.32 Å². The molecule has 1 aliphatic heterocycles. The number of para-hydroxylation sites is 1. The van der Waals surface area contributed by atoms with E-state index in [-0.39, 0.29) is 0 Å². The lowest BCUT2D eigenvalue weighted by molar-refractivity contribution is 0.665. The summed E-state index contributed by atoms with van der Waals surface area (Å²) in [6, 6.07) is 56.4. The maximum Gasteiger partial charge on any atom is 0.169 e. The van der Waals surface area contributed by atoms with Crippen molar-refractivity contribution in [2.45, 2.75) is 6.17 Å². The van der Waals surface area contributed by atoms with Gasteiger partial charge in [0.15, 0.2) is 6.17 Å². The zero-order chi connectivity index (χ0) is 33.0. The molecule has 0 fully saturated rings. The summed E-state index contributed by atoms with van der Waals surface area (Å²) in [5.74, 6) is 1.48. The van der Waals surface area contributed by atoms with Gasteiger partial charge in [-0.25, -0.2) is 9.98 Å². The maximum atomic E-state index is 6.40. The lowest BCUT2D eigenvalue weighted by Crippen LogP contribution is -2.36. The Morgan fingerprint density at radius 1 is 0.360 bits per heavy atom. The minimum absolute atomic E-state index is 0.487. The van der Waals surface area contributed by atoms with Crippen LogP contribution in [0.25, 0.3) is 66.1 Å². The molecule has 0 aliphatic carbocycles. The van der Waals surface area contributed by atoms with Crippen LogP contribution in [0.1, 0.15) is 22.9 Å². The molecule has 236 valence electrons. The van der Waals surface area contributed by atoms with Gasteiger partial charge in [0.05, 0.1) is 0 Å². The van der Waals surface area contributed by atoms with E-state index in [4.69, 9.17) is 18.8 Å². The summed E-state index contributed by atoms with van der Waals surface area (Å²) in [6.07, 6.45) is -0.487. The van der Waals surface area contributed by atoms with E-state index in [1.54, 1.807) is 0 Å². The van der Waals surface area contributed by atoms with Crippen molar-refractivity contribution < 1.29 is 8.83 Å². The van der Waals surface area contributed by atoms with Crippen LogP contribution in [-0.2, 0) is 0 Å². The zero-order valence-corrected chi connectivity index (χ0v) is 26.9. The van der Waals surface area contributed by atoms with Crippen LogP contribution in [0.5, 0.6) is 0 Å². The number of furan rings is 2. The number of rotatable bonds is 5. The second kappa shape index (κ2) is 11.5. The summed E-state index contributed by atoms with van der Waals surface area (Å²) in [6.45, 7) is 0. The Hall–Kier alpha value is -6.72. The lowest BCUT2D eigenvalue weighted by Gasteiger charge is -2.22. The van der Waals surface area contributed by atoms with Crippen molar-refractivity contribution in [3.8, 4) is 22.3 Å². The number of hydrogen-bond donors (Lipinski definition) is 1. The molecule has 7 aromatic carbocycles. The van der Waals surface area contributed by atoms with Gasteiger partial charge in [0.25, 0.3) is 0 Å². The van der Waals surface area contributed by atoms with Gasteiger partial charge in [-0.05, 0) is 58.7 Å². The van der Waals surface area contributed by atoms with Gasteiger partial charge in [-0.2, -0.15) is 0 Å². The predicted molar refractivity (Wildman–Crippen MR) is 204 cm³/mol. The topological polar surface area (TPSA) is 63.0 Å². The van der Waals surface area contributed by atoms with Crippen LogP contribution >= 0.6 is 0 Å². The molecular formula is C45H29N3O2. The van der Waals surface area contributed by atoms with E-state index in [0.29, 0.717) is 0 Å². The number of fused-ring (bicyclic) bond motifs is 6. The van der Waals surface area contributed by atoms with Gasteiger partial charge in [0, 0.05) is 38.2 Å². The van der Waals surface area contributed by atoms with E-state index in [0.717, 1.165) is 83.4 Å². The Bertz CT molecular complexity index is 2770. The molecule has 5 heteroatoms. The van der Waals surface area contributed by atoms with Crippen molar-refractivity contribution in [1.82, 2.24) is 5.32 Å². The summed E-state index contributed by atoms with van der Waals surface area (Å²) in [5.41, 5.74) is 10.9. The molecule has 1 atom stereocenters. The first-order valence-corrected chi connectivity index (χ1v) is 16.8. The summed E-state index contributed by atoms with van der Waals surface area (Å²) in [4.78, 5) is 10.3. The standard InChI is InChI=1S/C45H29N3O2/c1-3-9-28(10-4-1)30-15-17-31(18-16-30)43-46-44(33-19-22-36-35-13-7-8-14-39(35)49-41(36)26-33)48-45(47-43)34-20-23-37-38-25-32(29-11-5-2-6-12-29)21-24-40(38)50-42(37)27-34/h1-27,45H,(H,46,47,48). The second-order valence-electron chi connectivity index (χ2n) is 12.6. The second-order valence-corrected chi connectivity index (χ2v) is 12.6. The van der Waals surface area contributed by atoms with Crippen LogP contribution in [0, 0.1) is 0 Å². The van der Waals surface area contributed by atoms with E-state index in [1.165, 1.54) is 11.1 Å². The van der Waals surface area contributed by atoms with Crippen molar-refractivity contribution in [3.63, 3.8) is 0 Å². The van der Waals surface area contributed by atoms with Crippen LogP contribution in [0.2, 0.25) is 0 Å². The first-order valence-electron chi connectivity index (χ1n) is 16.8. The summed E-state index contributed by atoms with van der Waals surface area (Å²) in [7, 11) is 0. The van der Waals surface area contributed by atoms with Crippen LogP contribution in [-0.4, -0.2) is 11.7 Å². The number of amidine groups is 2. The van der Waals surface area contributed by atoms with Crippen molar-refractivity contribution >= 4 is 55.5 Å². The Balaban J connectivity index is 1.07. The summed E-state index contributed by atoms with van der Waals surface area (Å²) in [5, 5.41) is 7.89. The van der Waals surface area contributed by atoms with Crippen molar-refractivity contribution in [2.24, 2.45) is 9.98 Å². The maximum absolute atomic E-state index is 6.40. The van der Waals surface area contributed by atoms with Crippen LogP contribution in [0.3, 0.4) is 0 Å². The highest BCUT2D eigenvalue weighted by Crippen LogP contribution is 2.36. The van der Waals surface area contributed by atoms with E-state index < -0.39 is 6.17 Å². The summed E-state index contributed by atoms with van der Waals surface area (Å²) >= 11 is 0. The van der Waals surface area contributed by atoms with Crippen LogP contribution in [0.4, 0.5) is 0 Å². The molecule has 3 heterocycles. The molecule has 0 saturated carbocycles. The van der Waals surface area contributed by atoms with Gasteiger partial charge < -0.3 is 14.2 Å². The van der Waals surface area contributed by atoms with Crippen molar-refractivity contribution in [1.29, 1.82) is 0 Å². The smallest absolute Gasteiger partial charge is 0.169 e. The third-order valence-electron chi connectivity index (χ3n) is 9.56. The number of nitrogens with zero attached hydrogens (tertiary/aromatic N) is 2. The van der Waals surface area contributed by atoms with Gasteiger partial charge in [0.1, 0.15) is 34.0 Å². The Morgan fingerprint density at radius 3 is 1.66 bits per heavy atom. The molecule has 0 spiro atoms. The Labute approximate surface area is 287 Å². The molecule has 9 aromatic rings. The van der Waals surface area contributed by atoms with Gasteiger partial charge >= 0.3 is 0 Å². The molecule has 0 amide bonds. The van der Waals surface area contributed by atoms with Gasteiger partial charge in [-0.15, -0.1) is 0 Å². The highest BCUT2D eigenvalue weighted by atomic mass is 16.3. The molecule has 5 nitrogen and oxygen atoms in total. The average molecular weight is 644 g/mol. The number of nitrogens with one attached hydrogen (secondary N) is 1. The largest absolute Gasteiger partial charge is 0.456 e. The Kier molecular flexibility index (Phi) is 6.49. The molecule has 0 bridgehead atoms. The molecule has 1 unspecified atom stereocenters. The van der Waals surface area contributed by atoms with E-state index in [2.05, 4.69) is 139 Å². The van der Waals surface area contributed by atoms with E-state index in [9.17, 15) is 0 Å². The van der Waals surface area contributed by atoms with Crippen LogP contribution in [0.15, 0.2) is 183 Å². The molecular weight excluding hydrogens is 615 g/mol. The van der Waals surface area contributed by atoms with Gasteiger partial charge in [0.2, 0.25) is 0 Å². The predicted octanol–water partition coefficient (Wildman–Crippen LogP) is 11.3. The third-order valence-corrected chi connectivity index (χ3v) is 9.56.